The molecule has 690 valence electrons. The molecule has 25 nitrogen and oxygen atoms in total. The van der Waals surface area contributed by atoms with Gasteiger partial charge in [-0.05, 0) is 237 Å². The molecule has 0 fully saturated rings. The minimum absolute atomic E-state index is 0.108. The summed E-state index contributed by atoms with van der Waals surface area (Å²) in [6, 6.07) is 64.2. The number of rotatable bonds is 29. The summed E-state index contributed by atoms with van der Waals surface area (Å²) in [5.41, 5.74) is 23.7. The largest absolute Gasteiger partial charge is 0.494 e. The van der Waals surface area contributed by atoms with Gasteiger partial charge in [0.15, 0.2) is 23.3 Å². The van der Waals surface area contributed by atoms with Crippen molar-refractivity contribution in [1.82, 2.24) is 68.9 Å². The smallest absolute Gasteiger partial charge is 0.162 e. The maximum atomic E-state index is 5.78. The van der Waals surface area contributed by atoms with E-state index in [-0.39, 0.29) is 11.3 Å². The zero-order chi connectivity index (χ0) is 94.6. The van der Waals surface area contributed by atoms with Gasteiger partial charge < -0.3 is 82.6 Å². The number of aromatic nitrogens is 13. The van der Waals surface area contributed by atoms with Gasteiger partial charge >= 0.3 is 0 Å². The number of H-pyrrole nitrogens is 1. The van der Waals surface area contributed by atoms with E-state index in [9.17, 15) is 0 Å². The van der Waals surface area contributed by atoms with Crippen LogP contribution < -0.4 is 54.4 Å². The zero-order valence-electron chi connectivity index (χ0n) is 81.4. The zero-order valence-corrected chi connectivity index (χ0v) is 81.4. The molecule has 25 heteroatoms. The third kappa shape index (κ3) is 19.9. The average Bonchev–Trinajstić information content (AvgIpc) is 1.60. The fourth-order valence-corrected chi connectivity index (χ4v) is 18.3. The summed E-state index contributed by atoms with van der Waals surface area (Å²) in [5.74, 6) is 8.85. The lowest BCUT2D eigenvalue weighted by Crippen LogP contribution is -2.21. The molecular weight excluding hydrogens is 1660 g/mol. The predicted molar refractivity (Wildman–Crippen MR) is 541 cm³/mol. The number of aromatic amines is 1. The molecule has 17 aromatic rings. The van der Waals surface area contributed by atoms with Crippen LogP contribution in [-0.4, -0.2) is 150 Å². The standard InChI is InChI=1S/C32H34N4O2.C28H34N4O2.C26H27N5O.C22H31N5O2/c1-6-38-26-17-18-28(29(19-26)37-5)36-22(3)30-21(2)34-35-32(31(30)23(36)4)33-20-27(24-13-9-7-10-14-24)25-15-11-8-12-16-25;1-9-34-22-14-15-23(24(16-22)33-8)32-18(3)25-17(2)30-31-27(26(25)19(32)4)29-21-12-10-20(11-13-21)28(5,6)7;1-5-32-21-11-9-20(10-12-21)31-17(3)24-16(2)29-30-26(25(24)18(31)4)28-15-19-7-6-8-23-22(19)13-14-27-23;1-8-29-17-9-10-18(19(13-17)28-7)27-15(3)20-14(2)24-25-22(21(20)16(27)4)23-11-12-26(5)6/h7-19,27H,6,20H2,1-5H3,(H,33,35);10-16H,9H2,1-8H3,(H,29,31);6-14,27H,5,15H2,1-4H3,(H,28,30);9-10,13H,8,11-12H2,1-7H3,(H,23,25). The molecular formula is C108H126N18O7. The molecule has 0 saturated heterocycles. The summed E-state index contributed by atoms with van der Waals surface area (Å²) in [5, 5.41) is 60.2. The van der Waals surface area contributed by atoms with Gasteiger partial charge in [-0.25, -0.2) is 0 Å². The molecule has 9 aromatic heterocycles. The molecule has 0 amide bonds. The highest BCUT2D eigenvalue weighted by atomic mass is 16.5. The number of ether oxygens (including phenoxy) is 7. The Balaban J connectivity index is 0.000000143. The molecule has 0 spiro atoms. The molecule has 0 atom stereocenters. The number of nitrogens with one attached hydrogen (secondary N) is 5. The number of hydrogen-bond acceptors (Lipinski definition) is 20. The highest BCUT2D eigenvalue weighted by Gasteiger charge is 2.28. The molecule has 0 aliphatic carbocycles. The summed E-state index contributed by atoms with van der Waals surface area (Å²) in [6.07, 6.45) is 1.97. The number of fused-ring (bicyclic) bond motifs is 5. The number of nitrogens with zero attached hydrogens (tertiary/aromatic N) is 13. The van der Waals surface area contributed by atoms with Crippen LogP contribution in [0.15, 0.2) is 194 Å². The van der Waals surface area contributed by atoms with Gasteiger partial charge in [0.2, 0.25) is 0 Å². The summed E-state index contributed by atoms with van der Waals surface area (Å²) in [4.78, 5) is 5.42. The van der Waals surface area contributed by atoms with Crippen molar-refractivity contribution in [3.05, 3.63) is 285 Å². The third-order valence-corrected chi connectivity index (χ3v) is 24.6. The Bertz CT molecular complexity index is 6910. The van der Waals surface area contributed by atoms with Gasteiger partial charge in [0.1, 0.15) is 40.2 Å². The van der Waals surface area contributed by atoms with Crippen LogP contribution in [0.2, 0.25) is 0 Å². The van der Waals surface area contributed by atoms with Crippen LogP contribution in [0.5, 0.6) is 40.2 Å². The van der Waals surface area contributed by atoms with Crippen molar-refractivity contribution in [3.63, 3.8) is 0 Å². The van der Waals surface area contributed by atoms with Crippen LogP contribution in [0.1, 0.15) is 145 Å². The molecule has 9 heterocycles. The average molecular weight is 1790 g/mol. The number of hydrogen-bond donors (Lipinski definition) is 5. The fraction of sp³-hybridized carbons (Fsp3) is 0.315. The molecule has 8 aromatic carbocycles. The molecule has 0 unspecified atom stereocenters. The third-order valence-electron chi connectivity index (χ3n) is 24.6. The van der Waals surface area contributed by atoms with Crippen molar-refractivity contribution in [3.8, 4) is 63.0 Å². The van der Waals surface area contributed by atoms with Gasteiger partial charge in [-0.15, -0.1) is 20.4 Å². The molecule has 0 bridgehead atoms. The Kier molecular flexibility index (Phi) is 29.7. The van der Waals surface area contributed by atoms with Gasteiger partial charge in [0.25, 0.3) is 0 Å². The summed E-state index contributed by atoms with van der Waals surface area (Å²) >= 11 is 0. The van der Waals surface area contributed by atoms with Crippen LogP contribution in [0.4, 0.5) is 29.0 Å². The highest BCUT2D eigenvalue weighted by Crippen LogP contribution is 2.44. The van der Waals surface area contributed by atoms with E-state index < -0.39 is 0 Å². The van der Waals surface area contributed by atoms with E-state index in [4.69, 9.17) is 33.2 Å². The van der Waals surface area contributed by atoms with E-state index in [1.807, 2.05) is 128 Å². The Hall–Kier alpha value is -14.5. The minimum atomic E-state index is 0.108. The van der Waals surface area contributed by atoms with E-state index in [0.29, 0.717) is 39.5 Å². The molecule has 0 aliphatic heterocycles. The van der Waals surface area contributed by atoms with Gasteiger partial charge in [-0.3, -0.25) is 0 Å². The van der Waals surface area contributed by atoms with Crippen molar-refractivity contribution in [2.75, 3.05) is 103 Å². The van der Waals surface area contributed by atoms with Gasteiger partial charge in [0.05, 0.1) is 87.6 Å². The Labute approximate surface area is 780 Å². The maximum Gasteiger partial charge on any atom is 0.162 e. The minimum Gasteiger partial charge on any atom is -0.494 e. The van der Waals surface area contributed by atoms with Crippen LogP contribution >= 0.6 is 0 Å². The normalized spacial score (nSPS) is 11.4. The first-order valence-electron chi connectivity index (χ1n) is 45.6. The van der Waals surface area contributed by atoms with Crippen molar-refractivity contribution in [2.45, 2.75) is 149 Å². The molecule has 133 heavy (non-hydrogen) atoms. The quantitative estimate of drug-likeness (QED) is 0.0292. The summed E-state index contributed by atoms with van der Waals surface area (Å²) < 4.78 is 48.8. The van der Waals surface area contributed by atoms with Crippen molar-refractivity contribution < 1.29 is 33.2 Å². The fourth-order valence-electron chi connectivity index (χ4n) is 18.3. The number of likely N-dealkylation sites (N-methyl/N-ethyl adjacent to an activating group) is 1. The lowest BCUT2D eigenvalue weighted by Gasteiger charge is -2.19. The summed E-state index contributed by atoms with van der Waals surface area (Å²) in [7, 11) is 9.18. The molecule has 0 saturated carbocycles. The van der Waals surface area contributed by atoms with Crippen LogP contribution in [0, 0.1) is 83.1 Å². The van der Waals surface area contributed by atoms with Gasteiger partial charge in [-0.1, -0.05) is 106 Å². The van der Waals surface area contributed by atoms with E-state index in [1.54, 1.807) is 21.3 Å². The van der Waals surface area contributed by atoms with E-state index in [1.165, 1.54) is 27.6 Å². The Morgan fingerprint density at radius 3 is 1.17 bits per heavy atom. The number of anilines is 5. The predicted octanol–water partition coefficient (Wildman–Crippen LogP) is 23.4. The van der Waals surface area contributed by atoms with Gasteiger partial charge in [-0.2, -0.15) is 20.4 Å². The second-order valence-electron chi connectivity index (χ2n) is 34.4. The SMILES string of the molecule is CCOc1ccc(-n2c(C)c3c(C)nnc(NCC(c4ccccc4)c4ccccc4)c3c2C)c(OC)c1.CCOc1ccc(-n2c(C)c3c(C)nnc(NCCN(C)C)c3c2C)c(OC)c1.CCOc1ccc(-n2c(C)c3c(C)nnc(NCc4cccc5[nH]ccc45)c3c2C)cc1.CCOc1ccc(-n2c(C)c3c(C)nnc(Nc4ccc(C(C)(C)C)cc4)c3c2C)c(OC)c1. The first kappa shape index (κ1) is 94.7. The topological polar surface area (TPSA) is 255 Å². The molecule has 5 N–H and O–H groups in total. The number of aryl methyl sites for hydroxylation is 12. The first-order chi connectivity index (χ1) is 64.1. The van der Waals surface area contributed by atoms with Crippen molar-refractivity contribution >= 4 is 83.0 Å². The van der Waals surface area contributed by atoms with Crippen molar-refractivity contribution in [1.29, 1.82) is 0 Å². The molecule has 17 rings (SSSR count). The Morgan fingerprint density at radius 1 is 0.376 bits per heavy atom. The monoisotopic (exact) mass is 1790 g/mol. The number of benzene rings is 8. The lowest BCUT2D eigenvalue weighted by atomic mass is 9.87. The second-order valence-corrected chi connectivity index (χ2v) is 34.4. The highest BCUT2D eigenvalue weighted by molar-refractivity contribution is 6.02. The van der Waals surface area contributed by atoms with E-state index >= 15 is 0 Å². The van der Waals surface area contributed by atoms with Crippen molar-refractivity contribution in [2.24, 2.45) is 0 Å². The van der Waals surface area contributed by atoms with Crippen LogP contribution in [0.25, 0.3) is 76.7 Å². The second kappa shape index (κ2) is 41.8. The summed E-state index contributed by atoms with van der Waals surface area (Å²) in [6.45, 7) is 45.2. The van der Waals surface area contributed by atoms with Crippen LogP contribution in [0.3, 0.4) is 0 Å². The lowest BCUT2D eigenvalue weighted by molar-refractivity contribution is 0.335. The van der Waals surface area contributed by atoms with E-state index in [2.05, 4.69) is 302 Å². The maximum absolute atomic E-state index is 5.78. The van der Waals surface area contributed by atoms with Gasteiger partial charge in [0, 0.05) is 167 Å². The first-order valence-corrected chi connectivity index (χ1v) is 45.6. The number of methoxy groups -OCH3 is 3. The molecule has 0 radical (unpaired) electrons. The van der Waals surface area contributed by atoms with Crippen LogP contribution in [-0.2, 0) is 12.0 Å². The molecule has 0 aliphatic rings. The Morgan fingerprint density at radius 2 is 0.752 bits per heavy atom. The van der Waals surface area contributed by atoms with E-state index in [0.717, 1.165) is 222 Å².